The van der Waals surface area contributed by atoms with Gasteiger partial charge in [0.15, 0.2) is 0 Å². The molecule has 7 nitrogen and oxygen atoms in total. The predicted octanol–water partition coefficient (Wildman–Crippen LogP) is 3.13. The van der Waals surface area contributed by atoms with Gasteiger partial charge in [-0.25, -0.2) is 9.37 Å². The van der Waals surface area contributed by atoms with Crippen molar-refractivity contribution in [1.29, 1.82) is 0 Å². The Morgan fingerprint density at radius 3 is 2.47 bits per heavy atom. The first kappa shape index (κ1) is 19.1. The number of carbonyl (C=O) groups excluding carboxylic acids is 2. The van der Waals surface area contributed by atoms with Crippen LogP contribution in [0.3, 0.4) is 0 Å². The molecule has 0 aliphatic heterocycles. The Kier molecular flexibility index (Phi) is 5.38. The van der Waals surface area contributed by atoms with E-state index in [0.29, 0.717) is 11.3 Å². The number of carbonyl (C=O) groups is 2. The average molecular weight is 404 g/mol. The summed E-state index contributed by atoms with van der Waals surface area (Å²) in [4.78, 5) is 28.8. The van der Waals surface area contributed by atoms with Crippen LogP contribution in [-0.2, 0) is 6.61 Å². The van der Waals surface area contributed by atoms with E-state index in [-0.39, 0.29) is 12.2 Å². The van der Waals surface area contributed by atoms with Crippen molar-refractivity contribution in [3.63, 3.8) is 0 Å². The highest BCUT2D eigenvalue weighted by Crippen LogP contribution is 2.15. The first-order chi connectivity index (χ1) is 14.6. The van der Waals surface area contributed by atoms with E-state index in [2.05, 4.69) is 15.8 Å². The van der Waals surface area contributed by atoms with Crippen molar-refractivity contribution in [2.75, 3.05) is 0 Å². The second-order valence-corrected chi connectivity index (χ2v) is 6.43. The molecule has 2 amide bonds. The molecule has 2 heterocycles. The Morgan fingerprint density at radius 1 is 0.933 bits per heavy atom. The van der Waals surface area contributed by atoms with Gasteiger partial charge in [-0.05, 0) is 54.6 Å². The van der Waals surface area contributed by atoms with Gasteiger partial charge >= 0.3 is 0 Å². The highest BCUT2D eigenvalue weighted by molar-refractivity contribution is 5.99. The number of benzene rings is 2. The standard InChI is InChI=1S/C22H17FN4O3/c23-17-9-7-15(8-10-17)21(28)25-26-22(29)16-4-3-5-19(12-16)30-14-18-13-27-11-2-1-6-20(27)24-18/h1-13H,14H2,(H,25,28)(H,26,29). The van der Waals surface area contributed by atoms with Gasteiger partial charge in [0.25, 0.3) is 11.8 Å². The number of ether oxygens (including phenoxy) is 1. The lowest BCUT2D eigenvalue weighted by Gasteiger charge is -2.09. The summed E-state index contributed by atoms with van der Waals surface area (Å²) in [5.41, 5.74) is 6.73. The van der Waals surface area contributed by atoms with Gasteiger partial charge in [-0.3, -0.25) is 20.4 Å². The molecule has 30 heavy (non-hydrogen) atoms. The lowest BCUT2D eigenvalue weighted by atomic mass is 10.2. The van der Waals surface area contributed by atoms with Gasteiger partial charge in [-0.1, -0.05) is 12.1 Å². The van der Waals surface area contributed by atoms with Crippen LogP contribution < -0.4 is 15.6 Å². The third-order valence-corrected chi connectivity index (χ3v) is 4.29. The number of halogens is 1. The largest absolute Gasteiger partial charge is 0.487 e. The maximum Gasteiger partial charge on any atom is 0.269 e. The van der Waals surface area contributed by atoms with Crippen LogP contribution in [0.25, 0.3) is 5.65 Å². The zero-order chi connectivity index (χ0) is 20.9. The molecule has 4 rings (SSSR count). The molecule has 0 radical (unpaired) electrons. The van der Waals surface area contributed by atoms with Crippen molar-refractivity contribution < 1.29 is 18.7 Å². The third kappa shape index (κ3) is 4.44. The number of nitrogens with one attached hydrogen (secondary N) is 2. The van der Waals surface area contributed by atoms with Crippen molar-refractivity contribution in [2.24, 2.45) is 0 Å². The topological polar surface area (TPSA) is 84.7 Å². The minimum absolute atomic E-state index is 0.223. The number of rotatable bonds is 5. The van der Waals surface area contributed by atoms with E-state index >= 15 is 0 Å². The Labute approximate surface area is 171 Å². The third-order valence-electron chi connectivity index (χ3n) is 4.29. The first-order valence-corrected chi connectivity index (χ1v) is 9.10. The number of amides is 2. The number of nitrogens with zero attached hydrogens (tertiary/aromatic N) is 2. The van der Waals surface area contributed by atoms with Crippen molar-refractivity contribution in [3.8, 4) is 5.75 Å². The smallest absolute Gasteiger partial charge is 0.269 e. The molecular formula is C22H17FN4O3. The summed E-state index contributed by atoms with van der Waals surface area (Å²) in [5, 5.41) is 0. The number of imidazole rings is 1. The van der Waals surface area contributed by atoms with Crippen molar-refractivity contribution in [2.45, 2.75) is 6.61 Å². The number of hydrogen-bond donors (Lipinski definition) is 2. The molecule has 0 spiro atoms. The van der Waals surface area contributed by atoms with E-state index in [0.717, 1.165) is 11.3 Å². The van der Waals surface area contributed by atoms with Crippen LogP contribution in [0, 0.1) is 5.82 Å². The zero-order valence-corrected chi connectivity index (χ0v) is 15.7. The lowest BCUT2D eigenvalue weighted by Crippen LogP contribution is -2.41. The molecule has 8 heteroatoms. The summed E-state index contributed by atoms with van der Waals surface area (Å²) in [5.74, 6) is -1.02. The maximum atomic E-state index is 12.9. The maximum absolute atomic E-state index is 12.9. The number of hydrazine groups is 1. The Hall–Kier alpha value is -4.20. The molecule has 0 aliphatic carbocycles. The molecule has 2 N–H and O–H groups in total. The number of hydrogen-bond acceptors (Lipinski definition) is 4. The van der Waals surface area contributed by atoms with E-state index in [1.807, 2.05) is 35.0 Å². The molecule has 0 fully saturated rings. The minimum Gasteiger partial charge on any atom is -0.487 e. The second kappa shape index (κ2) is 8.44. The Bertz CT molecular complexity index is 1170. The fourth-order valence-electron chi connectivity index (χ4n) is 2.80. The fraction of sp³-hybridized carbons (Fsp3) is 0.0455. The Morgan fingerprint density at radius 2 is 1.70 bits per heavy atom. The molecule has 0 saturated heterocycles. The molecule has 0 bridgehead atoms. The summed E-state index contributed by atoms with van der Waals surface area (Å²) in [6, 6.07) is 17.3. The lowest BCUT2D eigenvalue weighted by molar-refractivity contribution is 0.0846. The molecule has 2 aromatic carbocycles. The van der Waals surface area contributed by atoms with Gasteiger partial charge in [-0.15, -0.1) is 0 Å². The van der Waals surface area contributed by atoms with E-state index in [9.17, 15) is 14.0 Å². The van der Waals surface area contributed by atoms with Gasteiger partial charge in [-0.2, -0.15) is 0 Å². The van der Waals surface area contributed by atoms with Crippen LogP contribution in [0.5, 0.6) is 5.75 Å². The van der Waals surface area contributed by atoms with Crippen LogP contribution >= 0.6 is 0 Å². The first-order valence-electron chi connectivity index (χ1n) is 9.10. The molecule has 0 saturated carbocycles. The molecule has 150 valence electrons. The number of aromatic nitrogens is 2. The highest BCUT2D eigenvalue weighted by Gasteiger charge is 2.10. The second-order valence-electron chi connectivity index (χ2n) is 6.43. The van der Waals surface area contributed by atoms with Gasteiger partial charge in [0.05, 0.1) is 5.69 Å². The normalized spacial score (nSPS) is 10.6. The van der Waals surface area contributed by atoms with E-state index in [4.69, 9.17) is 4.74 Å². The van der Waals surface area contributed by atoms with E-state index in [1.165, 1.54) is 24.3 Å². The van der Waals surface area contributed by atoms with E-state index < -0.39 is 17.6 Å². The van der Waals surface area contributed by atoms with Crippen molar-refractivity contribution >= 4 is 17.5 Å². The van der Waals surface area contributed by atoms with Crippen LogP contribution in [0.2, 0.25) is 0 Å². The van der Waals surface area contributed by atoms with E-state index in [1.54, 1.807) is 24.3 Å². The fourth-order valence-corrected chi connectivity index (χ4v) is 2.80. The number of pyridine rings is 1. The van der Waals surface area contributed by atoms with Gasteiger partial charge in [0.2, 0.25) is 0 Å². The van der Waals surface area contributed by atoms with Gasteiger partial charge < -0.3 is 9.14 Å². The predicted molar refractivity (Wildman–Crippen MR) is 107 cm³/mol. The van der Waals surface area contributed by atoms with Crippen molar-refractivity contribution in [1.82, 2.24) is 20.2 Å². The van der Waals surface area contributed by atoms with Crippen molar-refractivity contribution in [3.05, 3.63) is 102 Å². The average Bonchev–Trinajstić information content (AvgIpc) is 3.19. The molecular weight excluding hydrogens is 387 g/mol. The minimum atomic E-state index is -0.553. The van der Waals surface area contributed by atoms with Crippen LogP contribution in [0.15, 0.2) is 79.1 Å². The molecule has 2 aromatic heterocycles. The van der Waals surface area contributed by atoms with Crippen LogP contribution in [-0.4, -0.2) is 21.2 Å². The number of fused-ring (bicyclic) bond motifs is 1. The molecule has 0 unspecified atom stereocenters. The molecule has 4 aromatic rings. The quantitative estimate of drug-likeness (QED) is 0.501. The Balaban J connectivity index is 1.35. The summed E-state index contributed by atoms with van der Waals surface area (Å²) < 4.78 is 20.6. The summed E-state index contributed by atoms with van der Waals surface area (Å²) in [7, 11) is 0. The summed E-state index contributed by atoms with van der Waals surface area (Å²) >= 11 is 0. The van der Waals surface area contributed by atoms with Gasteiger partial charge in [0.1, 0.15) is 23.8 Å². The summed E-state index contributed by atoms with van der Waals surface area (Å²) in [6.45, 7) is 0.244. The SMILES string of the molecule is O=C(NNC(=O)c1cccc(OCc2cn3ccccc3n2)c1)c1ccc(F)cc1. The summed E-state index contributed by atoms with van der Waals surface area (Å²) in [6.07, 6.45) is 3.77. The van der Waals surface area contributed by atoms with Crippen LogP contribution in [0.1, 0.15) is 26.4 Å². The zero-order valence-electron chi connectivity index (χ0n) is 15.7. The highest BCUT2D eigenvalue weighted by atomic mass is 19.1. The monoisotopic (exact) mass is 404 g/mol. The van der Waals surface area contributed by atoms with Crippen LogP contribution in [0.4, 0.5) is 4.39 Å². The van der Waals surface area contributed by atoms with Gasteiger partial charge in [0, 0.05) is 23.5 Å². The molecule has 0 aliphatic rings. The molecule has 0 atom stereocenters.